The molecule has 0 saturated carbocycles. The van der Waals surface area contributed by atoms with Gasteiger partial charge in [0.25, 0.3) is 0 Å². The molecule has 0 atom stereocenters. The van der Waals surface area contributed by atoms with Crippen molar-refractivity contribution in [2.24, 2.45) is 0 Å². The van der Waals surface area contributed by atoms with Crippen molar-refractivity contribution in [1.82, 2.24) is 4.98 Å². The molecule has 1 N–H and O–H groups in total. The van der Waals surface area contributed by atoms with Gasteiger partial charge < -0.3 is 14.7 Å². The summed E-state index contributed by atoms with van der Waals surface area (Å²) in [7, 11) is 1.50. The third-order valence-electron chi connectivity index (χ3n) is 4.36. The van der Waals surface area contributed by atoms with Crippen LogP contribution in [0.4, 0.5) is 11.4 Å². The molecule has 0 bridgehead atoms. The number of carboxylic acid groups (broad SMARTS) is 1. The molecule has 0 unspecified atom stereocenters. The molecular formula is C22H20N2O4. The van der Waals surface area contributed by atoms with Gasteiger partial charge in [-0.1, -0.05) is 18.2 Å². The Bertz CT molecular complexity index is 1000. The fourth-order valence-electron chi connectivity index (χ4n) is 3.02. The molecule has 3 rings (SSSR count). The van der Waals surface area contributed by atoms with Crippen molar-refractivity contribution in [3.63, 3.8) is 0 Å². The van der Waals surface area contributed by atoms with Gasteiger partial charge in [-0.3, -0.25) is 9.78 Å². The maximum atomic E-state index is 11.8. The highest BCUT2D eigenvalue weighted by molar-refractivity contribution is 5.98. The molecule has 0 amide bonds. The summed E-state index contributed by atoms with van der Waals surface area (Å²) in [6.45, 7) is 1.88. The molecule has 0 aliphatic heterocycles. The predicted octanol–water partition coefficient (Wildman–Crippen LogP) is 4.33. The summed E-state index contributed by atoms with van der Waals surface area (Å²) in [5.41, 5.74) is 2.81. The van der Waals surface area contributed by atoms with Crippen LogP contribution in [-0.2, 0) is 6.54 Å². The Morgan fingerprint density at radius 2 is 1.86 bits per heavy atom. The topological polar surface area (TPSA) is 79.7 Å². The Hall–Kier alpha value is -3.67. The predicted molar refractivity (Wildman–Crippen MR) is 106 cm³/mol. The number of methoxy groups -OCH3 is 1. The van der Waals surface area contributed by atoms with E-state index in [9.17, 15) is 14.7 Å². The second-order valence-electron chi connectivity index (χ2n) is 6.21. The second-order valence-corrected chi connectivity index (χ2v) is 6.21. The Balaban J connectivity index is 2.15. The van der Waals surface area contributed by atoms with Crippen LogP contribution in [0.15, 0.2) is 67.0 Å². The molecule has 142 valence electrons. The number of rotatable bonds is 7. The molecule has 0 spiro atoms. The van der Waals surface area contributed by atoms with Crippen molar-refractivity contribution in [3.05, 3.63) is 83.7 Å². The molecule has 2 aromatic carbocycles. The van der Waals surface area contributed by atoms with Crippen LogP contribution in [0.1, 0.15) is 33.2 Å². The van der Waals surface area contributed by atoms with E-state index in [1.165, 1.54) is 14.0 Å². The molecule has 28 heavy (non-hydrogen) atoms. The normalized spacial score (nSPS) is 10.4. The standard InChI is InChI=1S/C22H20N2O4/c1-15(25)18-10-9-17(12-21(18)28-2)24(14-16-6-5-11-23-13-16)20-8-4-3-7-19(20)22(26)27/h3-13H,14H2,1-2H3,(H,26,27). The lowest BCUT2D eigenvalue weighted by Gasteiger charge is -2.27. The number of para-hydroxylation sites is 1. The first-order chi connectivity index (χ1) is 13.5. The van der Waals surface area contributed by atoms with E-state index >= 15 is 0 Å². The van der Waals surface area contributed by atoms with Gasteiger partial charge in [0.1, 0.15) is 5.75 Å². The molecule has 6 nitrogen and oxygen atoms in total. The van der Waals surface area contributed by atoms with Gasteiger partial charge in [-0.2, -0.15) is 0 Å². The van der Waals surface area contributed by atoms with Gasteiger partial charge in [0, 0.05) is 30.7 Å². The van der Waals surface area contributed by atoms with Crippen LogP contribution >= 0.6 is 0 Å². The number of aromatic nitrogens is 1. The minimum atomic E-state index is -1.01. The van der Waals surface area contributed by atoms with Crippen molar-refractivity contribution in [2.45, 2.75) is 13.5 Å². The first kappa shape index (κ1) is 19.1. The molecule has 0 saturated heterocycles. The van der Waals surface area contributed by atoms with Gasteiger partial charge in [0.15, 0.2) is 5.78 Å². The minimum Gasteiger partial charge on any atom is -0.496 e. The quantitative estimate of drug-likeness (QED) is 0.618. The Labute approximate surface area is 163 Å². The number of nitrogens with zero attached hydrogens (tertiary/aromatic N) is 2. The van der Waals surface area contributed by atoms with Crippen LogP contribution in [0, 0.1) is 0 Å². The number of carboxylic acids is 1. The van der Waals surface area contributed by atoms with Crippen molar-refractivity contribution < 1.29 is 19.4 Å². The van der Waals surface area contributed by atoms with E-state index < -0.39 is 5.97 Å². The molecule has 0 radical (unpaired) electrons. The van der Waals surface area contributed by atoms with Gasteiger partial charge in [0.2, 0.25) is 0 Å². The van der Waals surface area contributed by atoms with E-state index in [0.717, 1.165) is 5.56 Å². The lowest BCUT2D eigenvalue weighted by Crippen LogP contribution is -2.19. The van der Waals surface area contributed by atoms with Crippen LogP contribution in [0.5, 0.6) is 5.75 Å². The lowest BCUT2D eigenvalue weighted by molar-refractivity contribution is 0.0697. The molecule has 0 aliphatic rings. The van der Waals surface area contributed by atoms with Gasteiger partial charge in [-0.15, -0.1) is 0 Å². The molecule has 0 aliphatic carbocycles. The highest BCUT2D eigenvalue weighted by Crippen LogP contribution is 2.34. The summed E-state index contributed by atoms with van der Waals surface area (Å²) >= 11 is 0. The minimum absolute atomic E-state index is 0.104. The van der Waals surface area contributed by atoms with Crippen molar-refractivity contribution in [2.75, 3.05) is 12.0 Å². The largest absolute Gasteiger partial charge is 0.496 e. The number of pyridine rings is 1. The molecule has 0 fully saturated rings. The fourth-order valence-corrected chi connectivity index (χ4v) is 3.02. The zero-order valence-corrected chi connectivity index (χ0v) is 15.6. The molecular weight excluding hydrogens is 356 g/mol. The van der Waals surface area contributed by atoms with Crippen molar-refractivity contribution in [1.29, 1.82) is 0 Å². The van der Waals surface area contributed by atoms with Gasteiger partial charge in [-0.05, 0) is 42.8 Å². The Morgan fingerprint density at radius 1 is 1.07 bits per heavy atom. The van der Waals surface area contributed by atoms with E-state index in [1.54, 1.807) is 54.9 Å². The zero-order valence-electron chi connectivity index (χ0n) is 15.6. The monoisotopic (exact) mass is 376 g/mol. The molecule has 6 heteroatoms. The number of carbonyl (C=O) groups is 2. The summed E-state index contributed by atoms with van der Waals surface area (Å²) < 4.78 is 5.39. The lowest BCUT2D eigenvalue weighted by atomic mass is 10.1. The second kappa shape index (κ2) is 8.35. The highest BCUT2D eigenvalue weighted by atomic mass is 16.5. The Morgan fingerprint density at radius 3 is 2.50 bits per heavy atom. The number of hydrogen-bond donors (Lipinski definition) is 1. The summed E-state index contributed by atoms with van der Waals surface area (Å²) in [6, 6.07) is 15.8. The number of anilines is 2. The number of hydrogen-bond acceptors (Lipinski definition) is 5. The number of benzene rings is 2. The highest BCUT2D eigenvalue weighted by Gasteiger charge is 2.19. The van der Waals surface area contributed by atoms with Crippen molar-refractivity contribution >= 4 is 23.1 Å². The van der Waals surface area contributed by atoms with Crippen LogP contribution in [0.3, 0.4) is 0 Å². The molecule has 3 aromatic rings. The van der Waals surface area contributed by atoms with Crippen LogP contribution < -0.4 is 9.64 Å². The summed E-state index contributed by atoms with van der Waals surface area (Å²) in [4.78, 5) is 29.6. The number of Topliss-reactive ketones (excluding diaryl/α,β-unsaturated/α-hetero) is 1. The summed E-state index contributed by atoms with van der Waals surface area (Å²) in [6.07, 6.45) is 3.42. The molecule has 1 aromatic heterocycles. The fraction of sp³-hybridized carbons (Fsp3) is 0.136. The van der Waals surface area contributed by atoms with E-state index in [-0.39, 0.29) is 11.3 Å². The summed E-state index contributed by atoms with van der Waals surface area (Å²) in [5, 5.41) is 9.64. The van der Waals surface area contributed by atoms with E-state index in [0.29, 0.717) is 29.2 Å². The first-order valence-electron chi connectivity index (χ1n) is 8.69. The van der Waals surface area contributed by atoms with Crippen LogP contribution in [0.2, 0.25) is 0 Å². The third-order valence-corrected chi connectivity index (χ3v) is 4.36. The van der Waals surface area contributed by atoms with Gasteiger partial charge in [0.05, 0.1) is 23.9 Å². The van der Waals surface area contributed by atoms with Gasteiger partial charge in [-0.25, -0.2) is 4.79 Å². The van der Waals surface area contributed by atoms with E-state index in [4.69, 9.17) is 4.74 Å². The van der Waals surface area contributed by atoms with E-state index in [2.05, 4.69) is 4.98 Å². The smallest absolute Gasteiger partial charge is 0.337 e. The van der Waals surface area contributed by atoms with Crippen molar-refractivity contribution in [3.8, 4) is 5.75 Å². The van der Waals surface area contributed by atoms with Crippen LogP contribution in [-0.4, -0.2) is 29.0 Å². The summed E-state index contributed by atoms with van der Waals surface area (Å²) in [5.74, 6) is -0.679. The molecule has 1 heterocycles. The first-order valence-corrected chi connectivity index (χ1v) is 8.69. The number of aromatic carboxylic acids is 1. The maximum Gasteiger partial charge on any atom is 0.337 e. The third kappa shape index (κ3) is 4.01. The average molecular weight is 376 g/mol. The van der Waals surface area contributed by atoms with E-state index in [1.807, 2.05) is 17.0 Å². The van der Waals surface area contributed by atoms with Crippen LogP contribution in [0.25, 0.3) is 0 Å². The average Bonchev–Trinajstić information content (AvgIpc) is 2.72. The maximum absolute atomic E-state index is 11.8. The van der Waals surface area contributed by atoms with Gasteiger partial charge >= 0.3 is 5.97 Å². The number of ether oxygens (including phenoxy) is 1. The zero-order chi connectivity index (χ0) is 20.1. The SMILES string of the molecule is COc1cc(N(Cc2cccnc2)c2ccccc2C(=O)O)ccc1C(C)=O. The number of ketones is 1. The Kier molecular flexibility index (Phi) is 5.69. The number of carbonyl (C=O) groups excluding carboxylic acids is 1.